The SMILES string of the molecule is CC(=O)Nc1cc(C(=O)N(C)C2CC3CCC(C2)N3)ccc1F.Cl. The number of halogens is 2. The number of hydrogen-bond acceptors (Lipinski definition) is 3. The Morgan fingerprint density at radius 1 is 1.25 bits per heavy atom. The van der Waals surface area contributed by atoms with Crippen LogP contribution in [0.25, 0.3) is 0 Å². The van der Waals surface area contributed by atoms with Gasteiger partial charge in [-0.25, -0.2) is 4.39 Å². The van der Waals surface area contributed by atoms with E-state index in [9.17, 15) is 14.0 Å². The molecule has 2 N–H and O–H groups in total. The molecule has 2 bridgehead atoms. The number of fused-ring (bicyclic) bond motifs is 2. The third-order valence-electron chi connectivity index (χ3n) is 4.84. The van der Waals surface area contributed by atoms with Crippen LogP contribution in [-0.2, 0) is 4.79 Å². The summed E-state index contributed by atoms with van der Waals surface area (Å²) in [4.78, 5) is 25.6. The topological polar surface area (TPSA) is 61.4 Å². The Morgan fingerprint density at radius 3 is 2.46 bits per heavy atom. The van der Waals surface area contributed by atoms with Crippen LogP contribution in [0.2, 0.25) is 0 Å². The van der Waals surface area contributed by atoms with E-state index >= 15 is 0 Å². The van der Waals surface area contributed by atoms with Gasteiger partial charge < -0.3 is 15.5 Å². The molecule has 2 heterocycles. The molecule has 2 aliphatic heterocycles. The maximum atomic E-state index is 13.7. The zero-order valence-corrected chi connectivity index (χ0v) is 14.7. The fraction of sp³-hybridized carbons (Fsp3) is 0.529. The second kappa shape index (κ2) is 7.49. The van der Waals surface area contributed by atoms with E-state index < -0.39 is 5.82 Å². The van der Waals surface area contributed by atoms with Crippen molar-refractivity contribution in [3.05, 3.63) is 29.6 Å². The van der Waals surface area contributed by atoms with Gasteiger partial charge in [0.15, 0.2) is 0 Å². The van der Waals surface area contributed by atoms with Crippen LogP contribution >= 0.6 is 12.4 Å². The fourth-order valence-electron chi connectivity index (χ4n) is 3.66. The van der Waals surface area contributed by atoms with Crippen LogP contribution in [0.1, 0.15) is 43.0 Å². The monoisotopic (exact) mass is 355 g/mol. The lowest BCUT2D eigenvalue weighted by Gasteiger charge is -2.35. The molecule has 24 heavy (non-hydrogen) atoms. The summed E-state index contributed by atoms with van der Waals surface area (Å²) in [6.07, 6.45) is 4.26. The van der Waals surface area contributed by atoms with Gasteiger partial charge in [0.2, 0.25) is 5.91 Å². The van der Waals surface area contributed by atoms with Crippen LogP contribution in [0.5, 0.6) is 0 Å². The number of nitrogens with zero attached hydrogens (tertiary/aromatic N) is 1. The molecule has 0 saturated carbocycles. The quantitative estimate of drug-likeness (QED) is 0.876. The van der Waals surface area contributed by atoms with E-state index in [-0.39, 0.29) is 36.0 Å². The van der Waals surface area contributed by atoms with Crippen LogP contribution in [0.4, 0.5) is 10.1 Å². The van der Waals surface area contributed by atoms with E-state index in [0.717, 1.165) is 12.8 Å². The summed E-state index contributed by atoms with van der Waals surface area (Å²) in [5.41, 5.74) is 0.436. The lowest BCUT2D eigenvalue weighted by molar-refractivity contribution is -0.114. The highest BCUT2D eigenvalue weighted by molar-refractivity contribution is 5.97. The van der Waals surface area contributed by atoms with E-state index in [2.05, 4.69) is 10.6 Å². The van der Waals surface area contributed by atoms with Gasteiger partial charge in [-0.05, 0) is 43.9 Å². The number of hydrogen-bond donors (Lipinski definition) is 2. The first-order valence-electron chi connectivity index (χ1n) is 8.04. The Morgan fingerprint density at radius 2 is 1.88 bits per heavy atom. The van der Waals surface area contributed by atoms with Crippen molar-refractivity contribution in [3.8, 4) is 0 Å². The van der Waals surface area contributed by atoms with Gasteiger partial charge in [0.25, 0.3) is 5.91 Å². The first-order chi connectivity index (χ1) is 10.9. The Balaban J connectivity index is 0.00000208. The summed E-state index contributed by atoms with van der Waals surface area (Å²) in [5.74, 6) is -1.04. The minimum atomic E-state index is -0.542. The van der Waals surface area contributed by atoms with Crippen molar-refractivity contribution in [1.82, 2.24) is 10.2 Å². The van der Waals surface area contributed by atoms with Crippen LogP contribution in [0.15, 0.2) is 18.2 Å². The lowest BCUT2D eigenvalue weighted by atomic mass is 9.98. The first kappa shape index (κ1) is 18.7. The summed E-state index contributed by atoms with van der Waals surface area (Å²) in [6.45, 7) is 1.31. The Bertz CT molecular complexity index is 628. The Labute approximate surface area is 147 Å². The number of amides is 2. The van der Waals surface area contributed by atoms with Gasteiger partial charge >= 0.3 is 0 Å². The molecule has 0 aromatic heterocycles. The van der Waals surface area contributed by atoms with Gasteiger partial charge in [0, 0.05) is 37.7 Å². The molecular formula is C17H23ClFN3O2. The molecule has 0 aliphatic carbocycles. The first-order valence-corrected chi connectivity index (χ1v) is 8.04. The molecule has 5 nitrogen and oxygen atoms in total. The smallest absolute Gasteiger partial charge is 0.253 e. The predicted octanol–water partition coefficient (Wildman–Crippen LogP) is 2.56. The molecule has 2 fully saturated rings. The van der Waals surface area contributed by atoms with E-state index in [0.29, 0.717) is 17.6 Å². The third-order valence-corrected chi connectivity index (χ3v) is 4.84. The van der Waals surface area contributed by atoms with Crippen LogP contribution in [0, 0.1) is 5.82 Å². The number of piperidine rings is 1. The average Bonchev–Trinajstić information content (AvgIpc) is 2.86. The third kappa shape index (κ3) is 3.87. The van der Waals surface area contributed by atoms with Gasteiger partial charge in [-0.3, -0.25) is 9.59 Å². The van der Waals surface area contributed by atoms with Gasteiger partial charge in [0.1, 0.15) is 5.82 Å². The minimum Gasteiger partial charge on any atom is -0.339 e. The van der Waals surface area contributed by atoms with E-state index in [4.69, 9.17) is 0 Å². The summed E-state index contributed by atoms with van der Waals surface area (Å²) in [7, 11) is 1.80. The minimum absolute atomic E-state index is 0. The van der Waals surface area contributed by atoms with Gasteiger partial charge in [-0.1, -0.05) is 0 Å². The summed E-state index contributed by atoms with van der Waals surface area (Å²) in [5, 5.41) is 5.97. The molecule has 2 unspecified atom stereocenters. The zero-order chi connectivity index (χ0) is 16.6. The Hall–Kier alpha value is -1.66. The molecular weight excluding hydrogens is 333 g/mol. The molecule has 7 heteroatoms. The van der Waals surface area contributed by atoms with Crippen molar-refractivity contribution in [1.29, 1.82) is 0 Å². The average molecular weight is 356 g/mol. The van der Waals surface area contributed by atoms with Crippen molar-refractivity contribution >= 4 is 29.9 Å². The molecule has 2 amide bonds. The number of carbonyl (C=O) groups is 2. The molecule has 0 radical (unpaired) electrons. The number of rotatable bonds is 3. The van der Waals surface area contributed by atoms with E-state index in [1.54, 1.807) is 11.9 Å². The van der Waals surface area contributed by atoms with Crippen LogP contribution in [-0.4, -0.2) is 41.9 Å². The largest absolute Gasteiger partial charge is 0.339 e. The second-order valence-electron chi connectivity index (χ2n) is 6.55. The number of nitrogens with one attached hydrogen (secondary N) is 2. The molecule has 2 aliphatic rings. The molecule has 2 atom stereocenters. The fourth-order valence-corrected chi connectivity index (χ4v) is 3.66. The Kier molecular flexibility index (Phi) is 5.83. The van der Waals surface area contributed by atoms with Gasteiger partial charge in [-0.15, -0.1) is 12.4 Å². The summed E-state index contributed by atoms with van der Waals surface area (Å²) < 4.78 is 13.7. The van der Waals surface area contributed by atoms with E-state index in [1.807, 2.05) is 0 Å². The predicted molar refractivity (Wildman–Crippen MR) is 93.0 cm³/mol. The highest BCUT2D eigenvalue weighted by Gasteiger charge is 2.36. The maximum Gasteiger partial charge on any atom is 0.253 e. The molecule has 2 saturated heterocycles. The van der Waals surface area contributed by atoms with Crippen LogP contribution in [0.3, 0.4) is 0 Å². The molecule has 132 valence electrons. The van der Waals surface area contributed by atoms with Crippen molar-refractivity contribution in [2.24, 2.45) is 0 Å². The molecule has 1 aromatic rings. The summed E-state index contributed by atoms with van der Waals surface area (Å²) in [6, 6.07) is 5.30. The lowest BCUT2D eigenvalue weighted by Crippen LogP contribution is -2.48. The highest BCUT2D eigenvalue weighted by atomic mass is 35.5. The molecule has 0 spiro atoms. The van der Waals surface area contributed by atoms with Crippen molar-refractivity contribution in [2.45, 2.75) is 50.7 Å². The van der Waals surface area contributed by atoms with Gasteiger partial charge in [0.05, 0.1) is 5.69 Å². The normalized spacial score (nSPS) is 24.9. The van der Waals surface area contributed by atoms with Crippen molar-refractivity contribution in [2.75, 3.05) is 12.4 Å². The molecule has 3 rings (SSSR count). The number of benzene rings is 1. The zero-order valence-electron chi connectivity index (χ0n) is 13.8. The second-order valence-corrected chi connectivity index (χ2v) is 6.55. The summed E-state index contributed by atoms with van der Waals surface area (Å²) >= 11 is 0. The highest BCUT2D eigenvalue weighted by Crippen LogP contribution is 2.30. The molecule has 1 aromatic carbocycles. The number of carbonyl (C=O) groups excluding carboxylic acids is 2. The standard InChI is InChI=1S/C17H22FN3O2.ClH/c1-10(22)19-16-7-11(3-6-15(16)18)17(23)21(2)14-8-12-4-5-13(9-14)20-12;/h3,6-7,12-14,20H,4-5,8-9H2,1-2H3,(H,19,22);1H. The van der Waals surface area contributed by atoms with Crippen LogP contribution < -0.4 is 10.6 Å². The van der Waals surface area contributed by atoms with E-state index in [1.165, 1.54) is 38.0 Å². The number of anilines is 1. The van der Waals surface area contributed by atoms with Gasteiger partial charge in [-0.2, -0.15) is 0 Å². The maximum absolute atomic E-state index is 13.7. The van der Waals surface area contributed by atoms with Crippen molar-refractivity contribution in [3.63, 3.8) is 0 Å². The van der Waals surface area contributed by atoms with Crippen molar-refractivity contribution < 1.29 is 14.0 Å².